The van der Waals surface area contributed by atoms with E-state index < -0.39 is 15.8 Å². The molecular formula is C13H21FN2O2S. The van der Waals surface area contributed by atoms with Gasteiger partial charge >= 0.3 is 0 Å². The molecule has 2 N–H and O–H groups in total. The van der Waals surface area contributed by atoms with E-state index in [1.807, 2.05) is 13.8 Å². The maximum atomic E-state index is 13.8. The first-order valence-electron chi connectivity index (χ1n) is 6.31. The summed E-state index contributed by atoms with van der Waals surface area (Å²) >= 11 is 0. The molecule has 0 aromatic heterocycles. The second kappa shape index (κ2) is 6.45. The molecule has 0 aliphatic rings. The summed E-state index contributed by atoms with van der Waals surface area (Å²) in [4.78, 5) is -0.294. The first kappa shape index (κ1) is 16.1. The number of halogens is 1. The fraction of sp³-hybridized carbons (Fsp3) is 0.538. The summed E-state index contributed by atoms with van der Waals surface area (Å²) < 4.78 is 39.9. The van der Waals surface area contributed by atoms with Crippen LogP contribution in [0.2, 0.25) is 0 Å². The summed E-state index contributed by atoms with van der Waals surface area (Å²) in [5.74, 6) is -0.560. The Bertz CT molecular complexity index is 529. The van der Waals surface area contributed by atoms with Crippen molar-refractivity contribution in [2.45, 2.75) is 32.2 Å². The Morgan fingerprint density at radius 1 is 1.37 bits per heavy atom. The predicted octanol–water partition coefficient (Wildman–Crippen LogP) is 1.95. The maximum absolute atomic E-state index is 13.8. The molecule has 108 valence electrons. The lowest BCUT2D eigenvalue weighted by Crippen LogP contribution is -2.34. The van der Waals surface area contributed by atoms with E-state index in [2.05, 4.69) is 0 Å². The predicted molar refractivity (Wildman–Crippen MR) is 73.6 cm³/mol. The summed E-state index contributed by atoms with van der Waals surface area (Å²) in [6, 6.07) is 3.96. The zero-order valence-corrected chi connectivity index (χ0v) is 12.4. The minimum absolute atomic E-state index is 0.176. The lowest BCUT2D eigenvalue weighted by Gasteiger charge is -2.22. The zero-order chi connectivity index (χ0) is 14.6. The van der Waals surface area contributed by atoms with Crippen LogP contribution in [-0.4, -0.2) is 25.8 Å². The van der Waals surface area contributed by atoms with Gasteiger partial charge in [0, 0.05) is 19.6 Å². The molecule has 19 heavy (non-hydrogen) atoms. The molecule has 0 heterocycles. The number of hydrogen-bond donors (Lipinski definition) is 1. The number of nitrogens with two attached hydrogens (primary N) is 1. The van der Waals surface area contributed by atoms with Gasteiger partial charge in [0.25, 0.3) is 0 Å². The van der Waals surface area contributed by atoms with E-state index in [0.717, 1.165) is 6.07 Å². The molecule has 0 fully saturated rings. The highest BCUT2D eigenvalue weighted by Gasteiger charge is 2.27. The Kier molecular flexibility index (Phi) is 5.46. The average Bonchev–Trinajstić information content (AvgIpc) is 2.35. The largest absolute Gasteiger partial charge is 0.326 e. The molecule has 0 radical (unpaired) electrons. The molecule has 0 saturated heterocycles. The second-order valence-corrected chi connectivity index (χ2v) is 6.72. The Balaban J connectivity index is 3.24. The van der Waals surface area contributed by atoms with E-state index in [9.17, 15) is 12.8 Å². The third kappa shape index (κ3) is 3.75. The molecule has 4 nitrogen and oxygen atoms in total. The molecule has 0 bridgehead atoms. The lowest BCUT2D eigenvalue weighted by molar-refractivity contribution is 0.378. The van der Waals surface area contributed by atoms with Crippen molar-refractivity contribution in [3.05, 3.63) is 29.6 Å². The van der Waals surface area contributed by atoms with Crippen molar-refractivity contribution in [3.63, 3.8) is 0 Å². The number of rotatable bonds is 6. The van der Waals surface area contributed by atoms with Gasteiger partial charge in [0.15, 0.2) is 0 Å². The van der Waals surface area contributed by atoms with Gasteiger partial charge < -0.3 is 5.73 Å². The smallest absolute Gasteiger partial charge is 0.245 e. The van der Waals surface area contributed by atoms with Gasteiger partial charge in [0.05, 0.1) is 0 Å². The molecule has 1 aromatic rings. The van der Waals surface area contributed by atoms with E-state index in [1.54, 1.807) is 6.92 Å². The number of benzene rings is 1. The van der Waals surface area contributed by atoms with Crippen molar-refractivity contribution in [3.8, 4) is 0 Å². The van der Waals surface area contributed by atoms with Crippen molar-refractivity contribution in [1.29, 1.82) is 0 Å². The third-order valence-corrected chi connectivity index (χ3v) is 4.73. The van der Waals surface area contributed by atoms with Crippen molar-refractivity contribution in [2.24, 2.45) is 11.7 Å². The van der Waals surface area contributed by atoms with Gasteiger partial charge in [-0.25, -0.2) is 12.8 Å². The van der Waals surface area contributed by atoms with Crippen LogP contribution in [0.5, 0.6) is 0 Å². The minimum Gasteiger partial charge on any atom is -0.326 e. The molecule has 6 heteroatoms. The van der Waals surface area contributed by atoms with Crippen LogP contribution in [0.3, 0.4) is 0 Å². The van der Waals surface area contributed by atoms with Crippen LogP contribution in [0.15, 0.2) is 23.1 Å². The summed E-state index contributed by atoms with van der Waals surface area (Å²) in [6.07, 6.45) is 0. The van der Waals surface area contributed by atoms with Crippen LogP contribution < -0.4 is 5.73 Å². The van der Waals surface area contributed by atoms with Gasteiger partial charge in [-0.2, -0.15) is 4.31 Å². The Labute approximate surface area is 114 Å². The van der Waals surface area contributed by atoms with Gasteiger partial charge in [-0.05, 0) is 23.6 Å². The quantitative estimate of drug-likeness (QED) is 0.870. The fourth-order valence-corrected chi connectivity index (χ4v) is 3.54. The van der Waals surface area contributed by atoms with Crippen molar-refractivity contribution in [2.75, 3.05) is 13.1 Å². The molecule has 0 atom stereocenters. The van der Waals surface area contributed by atoms with Gasteiger partial charge in [-0.1, -0.05) is 26.8 Å². The monoisotopic (exact) mass is 288 g/mol. The van der Waals surface area contributed by atoms with Gasteiger partial charge in [-0.15, -0.1) is 0 Å². The molecule has 0 saturated carbocycles. The second-order valence-electron chi connectivity index (χ2n) is 4.82. The highest BCUT2D eigenvalue weighted by molar-refractivity contribution is 7.89. The highest BCUT2D eigenvalue weighted by atomic mass is 32.2. The van der Waals surface area contributed by atoms with Gasteiger partial charge in [0.1, 0.15) is 10.7 Å². The summed E-state index contributed by atoms with van der Waals surface area (Å²) in [5, 5.41) is 0. The van der Waals surface area contributed by atoms with Crippen molar-refractivity contribution >= 4 is 10.0 Å². The van der Waals surface area contributed by atoms with Gasteiger partial charge in [-0.3, -0.25) is 0 Å². The van der Waals surface area contributed by atoms with Crippen LogP contribution in [0, 0.1) is 11.7 Å². The van der Waals surface area contributed by atoms with E-state index in [1.165, 1.54) is 16.4 Å². The van der Waals surface area contributed by atoms with Crippen LogP contribution in [0.4, 0.5) is 4.39 Å². The fourth-order valence-electron chi connectivity index (χ4n) is 1.82. The van der Waals surface area contributed by atoms with E-state index in [0.29, 0.717) is 18.7 Å². The summed E-state index contributed by atoms with van der Waals surface area (Å²) in [5.41, 5.74) is 6.07. The minimum atomic E-state index is -3.81. The van der Waals surface area contributed by atoms with E-state index >= 15 is 0 Å². The standard InChI is InChI=1S/C13H21FN2O2S/c1-4-16(9-10(2)3)19(17,18)13-7-11(8-15)5-6-12(13)14/h5-7,10H,4,8-9,15H2,1-3H3. The first-order valence-corrected chi connectivity index (χ1v) is 7.75. The summed E-state index contributed by atoms with van der Waals surface area (Å²) in [6.45, 7) is 6.44. The van der Waals surface area contributed by atoms with E-state index in [-0.39, 0.29) is 17.4 Å². The van der Waals surface area contributed by atoms with Crippen LogP contribution >= 0.6 is 0 Å². The van der Waals surface area contributed by atoms with Gasteiger partial charge in [0.2, 0.25) is 10.0 Å². The molecule has 0 amide bonds. The Morgan fingerprint density at radius 3 is 2.47 bits per heavy atom. The Morgan fingerprint density at radius 2 is 2.00 bits per heavy atom. The Hall–Kier alpha value is -0.980. The molecule has 0 spiro atoms. The van der Waals surface area contributed by atoms with Crippen LogP contribution in [-0.2, 0) is 16.6 Å². The number of sulfonamides is 1. The normalized spacial score (nSPS) is 12.4. The zero-order valence-electron chi connectivity index (χ0n) is 11.6. The molecule has 0 aliphatic heterocycles. The summed E-state index contributed by atoms with van der Waals surface area (Å²) in [7, 11) is -3.81. The third-order valence-electron chi connectivity index (χ3n) is 2.77. The molecule has 0 aliphatic carbocycles. The highest BCUT2D eigenvalue weighted by Crippen LogP contribution is 2.21. The molecular weight excluding hydrogens is 267 g/mol. The molecule has 1 aromatic carbocycles. The van der Waals surface area contributed by atoms with Crippen LogP contribution in [0.1, 0.15) is 26.3 Å². The molecule has 0 unspecified atom stereocenters. The molecule has 1 rings (SSSR count). The topological polar surface area (TPSA) is 63.4 Å². The number of hydrogen-bond acceptors (Lipinski definition) is 3. The van der Waals surface area contributed by atoms with E-state index in [4.69, 9.17) is 5.73 Å². The SMILES string of the molecule is CCN(CC(C)C)S(=O)(=O)c1cc(CN)ccc1F. The number of nitrogens with zero attached hydrogens (tertiary/aromatic N) is 1. The first-order chi connectivity index (χ1) is 8.82. The maximum Gasteiger partial charge on any atom is 0.245 e. The van der Waals surface area contributed by atoms with Crippen molar-refractivity contribution < 1.29 is 12.8 Å². The van der Waals surface area contributed by atoms with Crippen molar-refractivity contribution in [1.82, 2.24) is 4.31 Å². The average molecular weight is 288 g/mol. The van der Waals surface area contributed by atoms with Crippen LogP contribution in [0.25, 0.3) is 0 Å². The lowest BCUT2D eigenvalue weighted by atomic mass is 10.2.